The topological polar surface area (TPSA) is 66.3 Å². The molecule has 0 fully saturated rings. The molecular weight excluding hydrogens is 219 g/mol. The summed E-state index contributed by atoms with van der Waals surface area (Å²) in [6.45, 7) is 0. The smallest absolute Gasteiger partial charge is 0.372 e. The van der Waals surface area contributed by atoms with Crippen LogP contribution in [0.5, 0.6) is 0 Å². The van der Waals surface area contributed by atoms with Gasteiger partial charge < -0.3 is 8.40 Å². The van der Waals surface area contributed by atoms with Crippen LogP contribution in [-0.4, -0.2) is 4.20 Å². The van der Waals surface area contributed by atoms with Crippen LogP contribution in [0.1, 0.15) is 0 Å². The average Bonchev–Trinajstić information content (AvgIpc) is 0.811. The summed E-state index contributed by atoms with van der Waals surface area (Å²) in [6.07, 6.45) is 0. The number of hydrogen-bond donors (Lipinski definition) is 1. The zero-order chi connectivity index (χ0) is 3.58. The molecule has 1 N–H and O–H groups in total. The number of rotatable bonds is 0. The van der Waals surface area contributed by atoms with Crippen LogP contribution in [0.3, 0.4) is 0 Å². The molecule has 0 spiro atoms. The fraction of sp³-hybridized carbons (Fsp3) is 0. The first-order chi connectivity index (χ1) is 1.73. The van der Waals surface area contributed by atoms with Crippen molar-refractivity contribution in [3.63, 3.8) is 0 Å². The second-order valence-corrected chi connectivity index (χ2v) is 1.04. The van der Waals surface area contributed by atoms with Gasteiger partial charge in [0.25, 0.3) is 0 Å². The summed E-state index contributed by atoms with van der Waals surface area (Å²) in [7, 11) is 0. The van der Waals surface area contributed by atoms with Crippen LogP contribution in [-0.2, 0) is 26.2 Å². The molecule has 0 aliphatic heterocycles. The molecule has 0 amide bonds. The maximum absolute atomic E-state index is 8.63. The van der Waals surface area contributed by atoms with Gasteiger partial charge in [-0.1, -0.05) is 0 Å². The summed E-state index contributed by atoms with van der Waals surface area (Å²) in [5.41, 5.74) is 0. The Morgan fingerprint density at radius 2 is 1.40 bits per heavy atom. The molecule has 0 unspecified atom stereocenters. The predicted molar refractivity (Wildman–Crippen MR) is 2.22 cm³/mol. The molecule has 3 nitrogen and oxygen atoms in total. The summed E-state index contributed by atoms with van der Waals surface area (Å²) in [5, 5.41) is 0. The Balaban J connectivity index is 0. The van der Waals surface area contributed by atoms with Gasteiger partial charge in [0.2, 0.25) is 0 Å². The first-order valence-corrected chi connectivity index (χ1v) is 2.48. The van der Waals surface area contributed by atoms with Crippen LogP contribution in [0.4, 0.5) is 0 Å². The van der Waals surface area contributed by atoms with E-state index in [0.717, 1.165) is 0 Å². The molecule has 0 heterocycles. The summed E-state index contributed by atoms with van der Waals surface area (Å²) >= 11 is -3.40. The largest absolute Gasteiger partial charge is 0.433 e. The Labute approximate surface area is 53.6 Å². The number of halogens is 1. The molecule has 0 saturated carbocycles. The molecule has 0 aromatic carbocycles. The third-order valence-electron chi connectivity index (χ3n) is 0. The summed E-state index contributed by atoms with van der Waals surface area (Å²) < 4.78 is 24.3. The third-order valence-corrected chi connectivity index (χ3v) is 0. The van der Waals surface area contributed by atoms with E-state index in [4.69, 9.17) is 12.6 Å². The number of hydrogen-bond acceptors (Lipinski definition) is 3. The van der Waals surface area contributed by atoms with E-state index in [1.807, 2.05) is 0 Å². The summed E-state index contributed by atoms with van der Waals surface area (Å²) in [4.78, 5) is 0. The van der Waals surface area contributed by atoms with Crippen LogP contribution in [0.15, 0.2) is 0 Å². The van der Waals surface area contributed by atoms with Crippen molar-refractivity contribution in [1.29, 1.82) is 0 Å². The van der Waals surface area contributed by atoms with Crippen LogP contribution < -0.4 is 8.40 Å². The SMILES string of the molecule is [O-][Br+2]([O-])O.[Zr]. The maximum Gasteiger partial charge on any atom is 0.433 e. The molecule has 0 aromatic heterocycles. The first-order valence-electron chi connectivity index (χ1n) is 0.478. The summed E-state index contributed by atoms with van der Waals surface area (Å²) in [6, 6.07) is 0. The van der Waals surface area contributed by atoms with Gasteiger partial charge in [-0.3, -0.25) is 0 Å². The van der Waals surface area contributed by atoms with Gasteiger partial charge >= 0.3 is 14.8 Å². The molecule has 0 atom stereocenters. The van der Waals surface area contributed by atoms with E-state index in [-0.39, 0.29) is 26.2 Å². The molecule has 0 aliphatic carbocycles. The van der Waals surface area contributed by atoms with Crippen molar-refractivity contribution < 1.29 is 53.6 Å². The standard InChI is InChI=1S/BrHO3.Zr/c2-1(3)4;/h2H;. The van der Waals surface area contributed by atoms with E-state index in [9.17, 15) is 0 Å². The monoisotopic (exact) mass is 218 g/mol. The fourth-order valence-electron chi connectivity index (χ4n) is 0. The van der Waals surface area contributed by atoms with E-state index >= 15 is 0 Å². The normalized spacial score (nSPS) is 7.20. The molecule has 0 saturated heterocycles. The fourth-order valence-corrected chi connectivity index (χ4v) is 0. The van der Waals surface area contributed by atoms with E-state index in [2.05, 4.69) is 0 Å². The Morgan fingerprint density at radius 1 is 1.40 bits per heavy atom. The minimum Gasteiger partial charge on any atom is -0.372 e. The van der Waals surface area contributed by atoms with Gasteiger partial charge in [0.15, 0.2) is 0 Å². The van der Waals surface area contributed by atoms with E-state index < -0.39 is 14.8 Å². The van der Waals surface area contributed by atoms with Gasteiger partial charge in [-0.05, 0) is 4.20 Å². The zero-order valence-electron chi connectivity index (χ0n) is 2.14. The molecule has 0 radical (unpaired) electrons. The quantitative estimate of drug-likeness (QED) is 0.475. The van der Waals surface area contributed by atoms with Crippen molar-refractivity contribution in [2.24, 2.45) is 0 Å². The van der Waals surface area contributed by atoms with Crippen LogP contribution >= 0.6 is 0 Å². The van der Waals surface area contributed by atoms with Gasteiger partial charge in [-0.25, -0.2) is 0 Å². The second kappa shape index (κ2) is 5.24. The van der Waals surface area contributed by atoms with Crippen molar-refractivity contribution in [3.8, 4) is 0 Å². The molecule has 30 valence electrons. The molecule has 0 rings (SSSR count). The Bertz CT molecular complexity index is 11.6. The maximum atomic E-state index is 8.63. The van der Waals surface area contributed by atoms with Gasteiger partial charge in [0.1, 0.15) is 0 Å². The Kier molecular flexibility index (Phi) is 10.00. The molecule has 0 aromatic rings. The van der Waals surface area contributed by atoms with Crippen molar-refractivity contribution >= 4 is 0 Å². The molecule has 0 aliphatic rings. The van der Waals surface area contributed by atoms with Gasteiger partial charge in [-0.2, -0.15) is 0 Å². The molecule has 5 heavy (non-hydrogen) atoms. The van der Waals surface area contributed by atoms with Crippen molar-refractivity contribution in [2.45, 2.75) is 0 Å². The van der Waals surface area contributed by atoms with E-state index in [1.165, 1.54) is 0 Å². The van der Waals surface area contributed by atoms with Crippen molar-refractivity contribution in [1.82, 2.24) is 0 Å². The zero-order valence-corrected chi connectivity index (χ0v) is 6.19. The third kappa shape index (κ3) is 35.7. The summed E-state index contributed by atoms with van der Waals surface area (Å²) in [5.74, 6) is 0. The van der Waals surface area contributed by atoms with Crippen LogP contribution in [0.25, 0.3) is 0 Å². The van der Waals surface area contributed by atoms with Crippen molar-refractivity contribution in [2.75, 3.05) is 0 Å². The van der Waals surface area contributed by atoms with Crippen LogP contribution in [0.2, 0.25) is 0 Å². The average molecular weight is 220 g/mol. The minimum absolute atomic E-state index is 0. The Morgan fingerprint density at radius 3 is 1.40 bits per heavy atom. The molecular formula is HBrO3Zr. The Hall–Kier alpha value is 1.24. The van der Waals surface area contributed by atoms with Gasteiger partial charge in [-0.15, -0.1) is 0 Å². The first kappa shape index (κ1) is 9.53. The predicted octanol–water partition coefficient (Wildman–Crippen LogP) is -2.94. The van der Waals surface area contributed by atoms with Crippen LogP contribution in [0, 0.1) is 14.8 Å². The van der Waals surface area contributed by atoms with Crippen molar-refractivity contribution in [3.05, 3.63) is 0 Å². The van der Waals surface area contributed by atoms with E-state index in [0.29, 0.717) is 0 Å². The molecule has 5 heteroatoms. The van der Waals surface area contributed by atoms with E-state index in [1.54, 1.807) is 0 Å². The molecule has 0 bridgehead atoms. The van der Waals surface area contributed by atoms with Gasteiger partial charge in [0.05, 0.1) is 0 Å². The minimum atomic E-state index is -3.40. The second-order valence-electron chi connectivity index (χ2n) is 0.201. The van der Waals surface area contributed by atoms with Gasteiger partial charge in [0, 0.05) is 26.2 Å².